The van der Waals surface area contributed by atoms with E-state index in [1.54, 1.807) is 0 Å². The standard InChI is InChI=1S/C7H13NO3/c1-4(7(10)11)3-6(8)5(2)9/h4,6H,3,8H2,1-2H3,(H,10,11)/t4-,6+/m1/s1. The zero-order chi connectivity index (χ0) is 9.02. The fourth-order valence-corrected chi connectivity index (χ4v) is 0.648. The van der Waals surface area contributed by atoms with E-state index < -0.39 is 17.9 Å². The van der Waals surface area contributed by atoms with Crippen molar-refractivity contribution in [2.24, 2.45) is 11.7 Å². The van der Waals surface area contributed by atoms with E-state index in [-0.39, 0.29) is 12.2 Å². The number of aliphatic carboxylic acids is 1. The van der Waals surface area contributed by atoms with E-state index in [0.717, 1.165) is 0 Å². The number of Topliss-reactive ketones (excluding diaryl/α,β-unsaturated/α-hetero) is 1. The second-order valence-corrected chi connectivity index (χ2v) is 2.69. The molecule has 11 heavy (non-hydrogen) atoms. The van der Waals surface area contributed by atoms with E-state index in [1.165, 1.54) is 13.8 Å². The minimum Gasteiger partial charge on any atom is -0.481 e. The molecule has 4 heteroatoms. The van der Waals surface area contributed by atoms with Crippen LogP contribution in [0.25, 0.3) is 0 Å². The maximum absolute atomic E-state index is 10.6. The van der Waals surface area contributed by atoms with Gasteiger partial charge in [-0.05, 0) is 13.3 Å². The van der Waals surface area contributed by atoms with Gasteiger partial charge in [0.15, 0.2) is 0 Å². The Bertz CT molecular complexity index is 149. The number of hydrogen-bond acceptors (Lipinski definition) is 3. The van der Waals surface area contributed by atoms with Crippen molar-refractivity contribution >= 4 is 11.8 Å². The monoisotopic (exact) mass is 159 g/mol. The lowest BCUT2D eigenvalue weighted by Gasteiger charge is -2.10. The molecule has 0 spiro atoms. The second kappa shape index (κ2) is 4.08. The molecule has 3 N–H and O–H groups in total. The van der Waals surface area contributed by atoms with Gasteiger partial charge in [0.05, 0.1) is 12.0 Å². The molecule has 0 heterocycles. The lowest BCUT2D eigenvalue weighted by Crippen LogP contribution is -2.32. The van der Waals surface area contributed by atoms with Gasteiger partial charge < -0.3 is 10.8 Å². The first-order valence-corrected chi connectivity index (χ1v) is 3.44. The van der Waals surface area contributed by atoms with Gasteiger partial charge in [0.2, 0.25) is 0 Å². The van der Waals surface area contributed by atoms with E-state index in [9.17, 15) is 9.59 Å². The summed E-state index contributed by atoms with van der Waals surface area (Å²) in [7, 11) is 0. The van der Waals surface area contributed by atoms with Gasteiger partial charge in [-0.15, -0.1) is 0 Å². The molecule has 2 atom stereocenters. The summed E-state index contributed by atoms with van der Waals surface area (Å²) in [6.45, 7) is 2.89. The minimum atomic E-state index is -0.915. The van der Waals surface area contributed by atoms with Crippen molar-refractivity contribution in [1.29, 1.82) is 0 Å². The van der Waals surface area contributed by atoms with Gasteiger partial charge in [0.1, 0.15) is 5.78 Å². The van der Waals surface area contributed by atoms with Crippen LogP contribution in [0.3, 0.4) is 0 Å². The molecule has 0 aliphatic carbocycles. The fourth-order valence-electron chi connectivity index (χ4n) is 0.648. The summed E-state index contributed by atoms with van der Waals surface area (Å²) in [5.74, 6) is -1.63. The van der Waals surface area contributed by atoms with Gasteiger partial charge in [0.25, 0.3) is 0 Å². The molecule has 0 bridgehead atoms. The molecular formula is C7H13NO3. The second-order valence-electron chi connectivity index (χ2n) is 2.69. The molecule has 0 aromatic carbocycles. The lowest BCUT2D eigenvalue weighted by atomic mass is 10.0. The molecule has 64 valence electrons. The highest BCUT2D eigenvalue weighted by Gasteiger charge is 2.17. The first-order valence-electron chi connectivity index (χ1n) is 3.44. The first-order chi connectivity index (χ1) is 4.95. The zero-order valence-corrected chi connectivity index (χ0v) is 6.70. The highest BCUT2D eigenvalue weighted by molar-refractivity contribution is 5.82. The topological polar surface area (TPSA) is 80.4 Å². The van der Waals surface area contributed by atoms with Gasteiger partial charge in [-0.25, -0.2) is 0 Å². The van der Waals surface area contributed by atoms with Crippen LogP contribution in [0, 0.1) is 5.92 Å². The van der Waals surface area contributed by atoms with Crippen molar-refractivity contribution in [3.05, 3.63) is 0 Å². The molecule has 0 amide bonds. The largest absolute Gasteiger partial charge is 0.481 e. The number of carbonyl (C=O) groups excluding carboxylic acids is 1. The quantitative estimate of drug-likeness (QED) is 0.605. The van der Waals surface area contributed by atoms with Gasteiger partial charge in [-0.3, -0.25) is 9.59 Å². The summed E-state index contributed by atoms with van der Waals surface area (Å²) in [4.78, 5) is 20.9. The zero-order valence-electron chi connectivity index (χ0n) is 6.70. The van der Waals surface area contributed by atoms with Crippen LogP contribution in [0.5, 0.6) is 0 Å². The van der Waals surface area contributed by atoms with Crippen molar-refractivity contribution in [1.82, 2.24) is 0 Å². The maximum atomic E-state index is 10.6. The van der Waals surface area contributed by atoms with Crippen LogP contribution in [-0.4, -0.2) is 22.9 Å². The molecule has 0 radical (unpaired) electrons. The van der Waals surface area contributed by atoms with E-state index in [4.69, 9.17) is 10.8 Å². The number of rotatable bonds is 4. The van der Waals surface area contributed by atoms with E-state index >= 15 is 0 Å². The van der Waals surface area contributed by atoms with Crippen LogP contribution in [0.1, 0.15) is 20.3 Å². The third-order valence-electron chi connectivity index (χ3n) is 1.55. The summed E-state index contributed by atoms with van der Waals surface area (Å²) >= 11 is 0. The summed E-state index contributed by atoms with van der Waals surface area (Å²) in [5.41, 5.74) is 5.34. The Morgan fingerprint density at radius 3 is 2.27 bits per heavy atom. The van der Waals surface area contributed by atoms with E-state index in [2.05, 4.69) is 0 Å². The summed E-state index contributed by atoms with van der Waals surface area (Å²) in [5, 5.41) is 8.45. The van der Waals surface area contributed by atoms with Crippen LogP contribution < -0.4 is 5.73 Å². The smallest absolute Gasteiger partial charge is 0.306 e. The van der Waals surface area contributed by atoms with Gasteiger partial charge in [-0.2, -0.15) is 0 Å². The van der Waals surface area contributed by atoms with Crippen molar-refractivity contribution in [2.75, 3.05) is 0 Å². The molecule has 0 saturated carbocycles. The average Bonchev–Trinajstić information content (AvgIpc) is 1.87. The highest BCUT2D eigenvalue weighted by Crippen LogP contribution is 2.04. The molecular weight excluding hydrogens is 146 g/mol. The maximum Gasteiger partial charge on any atom is 0.306 e. The lowest BCUT2D eigenvalue weighted by molar-refractivity contribution is -0.141. The third kappa shape index (κ3) is 3.72. The Kier molecular flexibility index (Phi) is 3.74. The summed E-state index contributed by atoms with van der Waals surface area (Å²) in [6, 6.07) is -0.638. The molecule has 0 aliphatic heterocycles. The number of hydrogen-bond donors (Lipinski definition) is 2. The van der Waals surface area contributed by atoms with Crippen LogP contribution in [0.4, 0.5) is 0 Å². The Balaban J connectivity index is 3.84. The third-order valence-corrected chi connectivity index (χ3v) is 1.55. The van der Waals surface area contributed by atoms with Crippen molar-refractivity contribution in [3.8, 4) is 0 Å². The number of carboxylic acid groups (broad SMARTS) is 1. The van der Waals surface area contributed by atoms with Gasteiger partial charge in [0, 0.05) is 0 Å². The van der Waals surface area contributed by atoms with Gasteiger partial charge >= 0.3 is 5.97 Å². The predicted octanol–water partition coefficient (Wildman–Crippen LogP) is 0.0135. The van der Waals surface area contributed by atoms with E-state index in [1.807, 2.05) is 0 Å². The number of nitrogens with two attached hydrogens (primary N) is 1. The fraction of sp³-hybridized carbons (Fsp3) is 0.714. The Hall–Kier alpha value is -0.900. The van der Waals surface area contributed by atoms with Crippen LogP contribution in [0.15, 0.2) is 0 Å². The van der Waals surface area contributed by atoms with Crippen LogP contribution in [0.2, 0.25) is 0 Å². The number of carbonyl (C=O) groups is 2. The van der Waals surface area contributed by atoms with Crippen LogP contribution in [-0.2, 0) is 9.59 Å². The van der Waals surface area contributed by atoms with Crippen molar-refractivity contribution in [3.63, 3.8) is 0 Å². The highest BCUT2D eigenvalue weighted by atomic mass is 16.4. The van der Waals surface area contributed by atoms with Gasteiger partial charge in [-0.1, -0.05) is 6.92 Å². The molecule has 0 saturated heterocycles. The van der Waals surface area contributed by atoms with Crippen LogP contribution >= 0.6 is 0 Å². The summed E-state index contributed by atoms with van der Waals surface area (Å²) < 4.78 is 0. The SMILES string of the molecule is CC(=O)[C@@H](N)C[C@@H](C)C(=O)O. The molecule has 0 unspecified atom stereocenters. The molecule has 0 aliphatic rings. The Labute approximate surface area is 65.4 Å². The molecule has 0 aromatic rings. The normalized spacial score (nSPS) is 15.5. The average molecular weight is 159 g/mol. The molecule has 0 fully saturated rings. The van der Waals surface area contributed by atoms with Crippen molar-refractivity contribution in [2.45, 2.75) is 26.3 Å². The number of ketones is 1. The minimum absolute atomic E-state index is 0.168. The Morgan fingerprint density at radius 2 is 2.00 bits per heavy atom. The first kappa shape index (κ1) is 10.1. The molecule has 0 rings (SSSR count). The Morgan fingerprint density at radius 1 is 1.55 bits per heavy atom. The number of carboxylic acids is 1. The molecule has 0 aromatic heterocycles. The summed E-state index contributed by atoms with van der Waals surface area (Å²) in [6.07, 6.45) is 0.213. The molecule has 4 nitrogen and oxygen atoms in total. The predicted molar refractivity (Wildman–Crippen MR) is 40.1 cm³/mol. The van der Waals surface area contributed by atoms with Crippen molar-refractivity contribution < 1.29 is 14.7 Å². The van der Waals surface area contributed by atoms with E-state index in [0.29, 0.717) is 0 Å².